The third-order valence-corrected chi connectivity index (χ3v) is 4.03. The highest BCUT2D eigenvalue weighted by atomic mass is 79.9. The molecule has 98 valence electrons. The molecule has 3 heterocycles. The van der Waals surface area contributed by atoms with Gasteiger partial charge < -0.3 is 4.74 Å². The third-order valence-electron chi connectivity index (χ3n) is 3.47. The second-order valence-corrected chi connectivity index (χ2v) is 5.34. The van der Waals surface area contributed by atoms with Crippen molar-refractivity contribution in [2.24, 2.45) is 0 Å². The molecule has 0 saturated heterocycles. The lowest BCUT2D eigenvalue weighted by molar-refractivity contribution is 0.415. The van der Waals surface area contributed by atoms with Crippen molar-refractivity contribution in [2.45, 2.75) is 0 Å². The topological polar surface area (TPSA) is 39.4 Å². The first-order valence-corrected chi connectivity index (χ1v) is 6.96. The molecule has 4 rings (SSSR count). The summed E-state index contributed by atoms with van der Waals surface area (Å²) in [7, 11) is 1.67. The fourth-order valence-corrected chi connectivity index (χ4v) is 3.04. The second-order valence-electron chi connectivity index (χ2n) is 4.52. The standard InChI is InChI=1S/C15H10BrN3O/c1-20-9-4-5-10-11(7-9)15-18-8-13(16)19(15)12-3-2-6-17-14(10)12/h2-8H,1H3. The zero-order valence-electron chi connectivity index (χ0n) is 10.7. The lowest BCUT2D eigenvalue weighted by Crippen LogP contribution is -1.94. The zero-order valence-corrected chi connectivity index (χ0v) is 12.3. The molecule has 1 aromatic carbocycles. The van der Waals surface area contributed by atoms with Crippen molar-refractivity contribution in [3.8, 4) is 5.75 Å². The van der Waals surface area contributed by atoms with Crippen LogP contribution in [-0.2, 0) is 0 Å². The number of ether oxygens (including phenoxy) is 1. The number of benzene rings is 1. The van der Waals surface area contributed by atoms with Gasteiger partial charge in [0, 0.05) is 17.0 Å². The van der Waals surface area contributed by atoms with Crippen LogP contribution in [0, 0.1) is 0 Å². The van der Waals surface area contributed by atoms with Crippen molar-refractivity contribution >= 4 is 43.4 Å². The smallest absolute Gasteiger partial charge is 0.146 e. The van der Waals surface area contributed by atoms with Crippen LogP contribution < -0.4 is 4.74 Å². The molecule has 0 unspecified atom stereocenters. The number of halogens is 1. The summed E-state index contributed by atoms with van der Waals surface area (Å²) in [5.41, 5.74) is 2.88. The van der Waals surface area contributed by atoms with E-state index in [2.05, 4.69) is 30.3 Å². The second kappa shape index (κ2) is 4.18. The molecule has 0 fully saturated rings. The van der Waals surface area contributed by atoms with Gasteiger partial charge in [0.25, 0.3) is 0 Å². The zero-order chi connectivity index (χ0) is 13.7. The van der Waals surface area contributed by atoms with E-state index in [9.17, 15) is 0 Å². The van der Waals surface area contributed by atoms with Gasteiger partial charge in [0.15, 0.2) is 0 Å². The Hall–Kier alpha value is -2.14. The number of rotatable bonds is 1. The monoisotopic (exact) mass is 327 g/mol. The van der Waals surface area contributed by atoms with Crippen molar-refractivity contribution < 1.29 is 4.74 Å². The molecule has 0 spiro atoms. The molecule has 0 saturated carbocycles. The van der Waals surface area contributed by atoms with Gasteiger partial charge in [0.05, 0.1) is 24.3 Å². The number of aromatic nitrogens is 3. The van der Waals surface area contributed by atoms with Gasteiger partial charge >= 0.3 is 0 Å². The Morgan fingerprint density at radius 1 is 1.15 bits per heavy atom. The summed E-state index contributed by atoms with van der Waals surface area (Å²) in [6, 6.07) is 9.96. The maximum Gasteiger partial charge on any atom is 0.146 e. The van der Waals surface area contributed by atoms with Gasteiger partial charge in [-0.3, -0.25) is 9.38 Å². The molecule has 5 heteroatoms. The maximum atomic E-state index is 5.32. The average molecular weight is 328 g/mol. The predicted octanol–water partition coefficient (Wildman–Crippen LogP) is 3.81. The molecule has 0 aliphatic heterocycles. The summed E-state index contributed by atoms with van der Waals surface area (Å²) < 4.78 is 8.29. The van der Waals surface area contributed by atoms with E-state index in [1.807, 2.05) is 36.5 Å². The van der Waals surface area contributed by atoms with Crippen LogP contribution in [0.5, 0.6) is 5.75 Å². The van der Waals surface area contributed by atoms with Crippen molar-refractivity contribution in [3.05, 3.63) is 47.3 Å². The molecule has 0 radical (unpaired) electrons. The largest absolute Gasteiger partial charge is 0.497 e. The van der Waals surface area contributed by atoms with Gasteiger partial charge in [0.1, 0.15) is 16.0 Å². The van der Waals surface area contributed by atoms with Crippen LogP contribution >= 0.6 is 15.9 Å². The SMILES string of the molecule is COc1ccc2c(c1)c1ncc(Br)n1c1cccnc21. The molecule has 0 aliphatic carbocycles. The quantitative estimate of drug-likeness (QED) is 0.499. The lowest BCUT2D eigenvalue weighted by Gasteiger charge is -2.09. The van der Waals surface area contributed by atoms with Crippen LogP contribution in [0.1, 0.15) is 0 Å². The third kappa shape index (κ3) is 1.47. The van der Waals surface area contributed by atoms with E-state index in [1.165, 1.54) is 0 Å². The summed E-state index contributed by atoms with van der Waals surface area (Å²) in [4.78, 5) is 9.03. The molecule has 4 nitrogen and oxygen atoms in total. The predicted molar refractivity (Wildman–Crippen MR) is 82.3 cm³/mol. The number of nitrogens with zero attached hydrogens (tertiary/aromatic N) is 3. The molecule has 20 heavy (non-hydrogen) atoms. The minimum Gasteiger partial charge on any atom is -0.497 e. The van der Waals surface area contributed by atoms with E-state index in [0.29, 0.717) is 0 Å². The lowest BCUT2D eigenvalue weighted by atomic mass is 10.1. The van der Waals surface area contributed by atoms with Crippen LogP contribution in [0.4, 0.5) is 0 Å². The number of imidazole rings is 1. The summed E-state index contributed by atoms with van der Waals surface area (Å²) in [5, 5.41) is 2.10. The Balaban J connectivity index is 2.36. The van der Waals surface area contributed by atoms with Crippen LogP contribution in [0.3, 0.4) is 0 Å². The number of fused-ring (bicyclic) bond motifs is 6. The molecule has 3 aromatic heterocycles. The molecule has 0 N–H and O–H groups in total. The summed E-state index contributed by atoms with van der Waals surface area (Å²) >= 11 is 3.55. The molecule has 4 aromatic rings. The highest BCUT2D eigenvalue weighted by molar-refractivity contribution is 9.10. The van der Waals surface area contributed by atoms with Crippen LogP contribution in [0.15, 0.2) is 47.3 Å². The van der Waals surface area contributed by atoms with Crippen molar-refractivity contribution in [2.75, 3.05) is 7.11 Å². The fraction of sp³-hybridized carbons (Fsp3) is 0.0667. The van der Waals surface area contributed by atoms with Gasteiger partial charge in [-0.05, 0) is 46.3 Å². The maximum absolute atomic E-state index is 5.32. The Kier molecular flexibility index (Phi) is 2.44. The van der Waals surface area contributed by atoms with Crippen molar-refractivity contribution in [3.63, 3.8) is 0 Å². The van der Waals surface area contributed by atoms with Crippen LogP contribution in [-0.4, -0.2) is 21.5 Å². The van der Waals surface area contributed by atoms with E-state index in [0.717, 1.165) is 37.8 Å². The Labute approximate surface area is 123 Å². The Morgan fingerprint density at radius 2 is 2.05 bits per heavy atom. The first-order chi connectivity index (χ1) is 9.79. The highest BCUT2D eigenvalue weighted by Crippen LogP contribution is 2.32. The molecular weight excluding hydrogens is 318 g/mol. The molecule has 0 amide bonds. The van der Waals surface area contributed by atoms with E-state index in [-0.39, 0.29) is 0 Å². The fourth-order valence-electron chi connectivity index (χ4n) is 2.58. The summed E-state index contributed by atoms with van der Waals surface area (Å²) in [5.74, 6) is 0.814. The molecule has 0 atom stereocenters. The number of hydrogen-bond donors (Lipinski definition) is 0. The highest BCUT2D eigenvalue weighted by Gasteiger charge is 2.13. The van der Waals surface area contributed by atoms with Crippen molar-refractivity contribution in [1.29, 1.82) is 0 Å². The van der Waals surface area contributed by atoms with Crippen LogP contribution in [0.2, 0.25) is 0 Å². The first-order valence-electron chi connectivity index (χ1n) is 6.17. The average Bonchev–Trinajstić information content (AvgIpc) is 2.89. The van der Waals surface area contributed by atoms with E-state index in [1.54, 1.807) is 13.3 Å². The van der Waals surface area contributed by atoms with Gasteiger partial charge in [-0.2, -0.15) is 0 Å². The molecule has 0 aliphatic rings. The number of pyridine rings is 2. The van der Waals surface area contributed by atoms with Gasteiger partial charge in [-0.25, -0.2) is 4.98 Å². The van der Waals surface area contributed by atoms with Crippen molar-refractivity contribution in [1.82, 2.24) is 14.4 Å². The molecule has 0 bridgehead atoms. The van der Waals surface area contributed by atoms with Gasteiger partial charge in [0.2, 0.25) is 0 Å². The van der Waals surface area contributed by atoms with Gasteiger partial charge in [-0.1, -0.05) is 0 Å². The van der Waals surface area contributed by atoms with Crippen LogP contribution in [0.25, 0.3) is 27.5 Å². The van der Waals surface area contributed by atoms with E-state index in [4.69, 9.17) is 4.74 Å². The minimum atomic E-state index is 0.814. The summed E-state index contributed by atoms with van der Waals surface area (Å²) in [6.45, 7) is 0. The number of methoxy groups -OCH3 is 1. The normalized spacial score (nSPS) is 11.5. The Morgan fingerprint density at radius 3 is 2.90 bits per heavy atom. The van der Waals surface area contributed by atoms with Gasteiger partial charge in [-0.15, -0.1) is 0 Å². The summed E-state index contributed by atoms with van der Waals surface area (Å²) in [6.07, 6.45) is 3.61. The first kappa shape index (κ1) is 11.7. The number of hydrogen-bond acceptors (Lipinski definition) is 3. The Bertz CT molecular complexity index is 961. The van der Waals surface area contributed by atoms with E-state index < -0.39 is 0 Å². The minimum absolute atomic E-state index is 0.814. The van der Waals surface area contributed by atoms with E-state index >= 15 is 0 Å². The molecular formula is C15H10BrN3O.